The molecule has 0 bridgehead atoms. The molecule has 2 rings (SSSR count). The number of rotatable bonds is 4. The fourth-order valence-electron chi connectivity index (χ4n) is 2.59. The summed E-state index contributed by atoms with van der Waals surface area (Å²) in [4.78, 5) is 0. The van der Waals surface area contributed by atoms with Gasteiger partial charge in [0.2, 0.25) is 0 Å². The molecule has 1 fully saturated rings. The molecule has 0 aromatic heterocycles. The fraction of sp³-hybridized carbons (Fsp3) is 0.600. The third kappa shape index (κ3) is 2.30. The predicted octanol–water partition coefficient (Wildman–Crippen LogP) is 3.61. The van der Waals surface area contributed by atoms with Crippen LogP contribution in [0.2, 0.25) is 0 Å². The van der Waals surface area contributed by atoms with Gasteiger partial charge in [-0.15, -0.1) is 0 Å². The van der Waals surface area contributed by atoms with Crippen molar-refractivity contribution in [3.8, 4) is 0 Å². The van der Waals surface area contributed by atoms with Gasteiger partial charge in [-0.25, -0.2) is 0 Å². The zero-order valence-corrected chi connectivity index (χ0v) is 10.9. The predicted molar refractivity (Wildman–Crippen MR) is 69.6 cm³/mol. The largest absolute Gasteiger partial charge is 0.313 e. The Morgan fingerprint density at radius 2 is 1.88 bits per heavy atom. The van der Waals surface area contributed by atoms with Gasteiger partial charge in [0.05, 0.1) is 0 Å². The lowest BCUT2D eigenvalue weighted by molar-refractivity contribution is 0.369. The van der Waals surface area contributed by atoms with Crippen LogP contribution in [-0.4, -0.2) is 7.05 Å². The maximum Gasteiger partial charge on any atom is 0.0346 e. The van der Waals surface area contributed by atoms with E-state index in [4.69, 9.17) is 0 Å². The lowest BCUT2D eigenvalue weighted by atomic mass is 9.89. The van der Waals surface area contributed by atoms with Crippen LogP contribution in [0, 0.1) is 25.7 Å². The van der Waals surface area contributed by atoms with Crippen LogP contribution in [0.1, 0.15) is 42.5 Å². The monoisotopic (exact) mass is 217 g/mol. The summed E-state index contributed by atoms with van der Waals surface area (Å²) in [6, 6.07) is 7.39. The minimum Gasteiger partial charge on any atom is -0.313 e. The van der Waals surface area contributed by atoms with Crippen molar-refractivity contribution in [1.29, 1.82) is 0 Å². The van der Waals surface area contributed by atoms with Crippen LogP contribution in [0.3, 0.4) is 0 Å². The number of hydrogen-bond acceptors (Lipinski definition) is 1. The first kappa shape index (κ1) is 11.7. The highest BCUT2D eigenvalue weighted by Crippen LogP contribution is 2.42. The summed E-state index contributed by atoms with van der Waals surface area (Å²) >= 11 is 0. The van der Waals surface area contributed by atoms with Gasteiger partial charge in [0.25, 0.3) is 0 Å². The molecule has 1 aromatic carbocycles. The van der Waals surface area contributed by atoms with E-state index in [9.17, 15) is 0 Å². The first-order valence-electron chi connectivity index (χ1n) is 6.38. The van der Waals surface area contributed by atoms with Gasteiger partial charge in [-0.3, -0.25) is 0 Å². The van der Waals surface area contributed by atoms with Crippen molar-refractivity contribution >= 4 is 0 Å². The highest BCUT2D eigenvalue weighted by molar-refractivity contribution is 5.32. The molecule has 88 valence electrons. The summed E-state index contributed by atoms with van der Waals surface area (Å²) in [5, 5.41) is 3.49. The number of hydrogen-bond donors (Lipinski definition) is 1. The molecule has 1 aliphatic rings. The van der Waals surface area contributed by atoms with Gasteiger partial charge in [-0.05, 0) is 62.3 Å². The first-order valence-corrected chi connectivity index (χ1v) is 6.38. The molecular formula is C15H23N. The number of nitrogens with one attached hydrogen (secondary N) is 1. The molecule has 1 saturated carbocycles. The van der Waals surface area contributed by atoms with Crippen molar-refractivity contribution in [3.63, 3.8) is 0 Å². The van der Waals surface area contributed by atoms with E-state index in [0.717, 1.165) is 11.8 Å². The SMILES string of the molecule is CNC(c1ccc(C)c(C)c1)C(C)C1CC1. The highest BCUT2D eigenvalue weighted by Gasteiger charge is 2.33. The zero-order valence-electron chi connectivity index (χ0n) is 10.9. The second kappa shape index (κ2) is 4.58. The van der Waals surface area contributed by atoms with E-state index < -0.39 is 0 Å². The van der Waals surface area contributed by atoms with E-state index in [1.54, 1.807) is 0 Å². The van der Waals surface area contributed by atoms with E-state index in [-0.39, 0.29) is 0 Å². The van der Waals surface area contributed by atoms with Gasteiger partial charge in [0.1, 0.15) is 0 Å². The van der Waals surface area contributed by atoms with Crippen LogP contribution < -0.4 is 5.32 Å². The van der Waals surface area contributed by atoms with Crippen LogP contribution in [0.15, 0.2) is 18.2 Å². The van der Waals surface area contributed by atoms with Gasteiger partial charge in [-0.2, -0.15) is 0 Å². The lowest BCUT2D eigenvalue weighted by Crippen LogP contribution is -2.24. The van der Waals surface area contributed by atoms with Gasteiger partial charge in [0.15, 0.2) is 0 Å². The Hall–Kier alpha value is -0.820. The summed E-state index contributed by atoms with van der Waals surface area (Å²) in [5.74, 6) is 1.70. The van der Waals surface area contributed by atoms with E-state index in [1.807, 2.05) is 0 Å². The van der Waals surface area contributed by atoms with Crippen molar-refractivity contribution < 1.29 is 0 Å². The molecule has 2 unspecified atom stereocenters. The van der Waals surface area contributed by atoms with Crippen LogP contribution in [0.5, 0.6) is 0 Å². The topological polar surface area (TPSA) is 12.0 Å². The summed E-state index contributed by atoms with van der Waals surface area (Å²) in [6.45, 7) is 6.76. The minimum absolute atomic E-state index is 0.520. The van der Waals surface area contributed by atoms with E-state index >= 15 is 0 Å². The van der Waals surface area contributed by atoms with Crippen molar-refractivity contribution in [2.24, 2.45) is 11.8 Å². The molecule has 0 amide bonds. The smallest absolute Gasteiger partial charge is 0.0346 e. The molecule has 1 nitrogen and oxygen atoms in total. The Morgan fingerprint density at radius 3 is 2.38 bits per heavy atom. The lowest BCUT2D eigenvalue weighted by Gasteiger charge is -2.24. The van der Waals surface area contributed by atoms with Crippen LogP contribution in [0.4, 0.5) is 0 Å². The number of benzene rings is 1. The van der Waals surface area contributed by atoms with Gasteiger partial charge < -0.3 is 5.32 Å². The summed E-state index contributed by atoms with van der Waals surface area (Å²) in [6.07, 6.45) is 2.84. The molecule has 0 heterocycles. The average Bonchev–Trinajstić information content (AvgIpc) is 3.07. The normalized spacial score (nSPS) is 19.5. The molecular weight excluding hydrogens is 194 g/mol. The van der Waals surface area contributed by atoms with E-state index in [2.05, 4.69) is 51.3 Å². The van der Waals surface area contributed by atoms with Crippen LogP contribution in [-0.2, 0) is 0 Å². The first-order chi connectivity index (χ1) is 7.63. The molecule has 1 aliphatic carbocycles. The van der Waals surface area contributed by atoms with Crippen molar-refractivity contribution in [1.82, 2.24) is 5.32 Å². The van der Waals surface area contributed by atoms with Gasteiger partial charge in [0, 0.05) is 6.04 Å². The summed E-state index contributed by atoms with van der Waals surface area (Å²) < 4.78 is 0. The second-order valence-electron chi connectivity index (χ2n) is 5.31. The molecule has 0 spiro atoms. The van der Waals surface area contributed by atoms with E-state index in [1.165, 1.54) is 29.5 Å². The minimum atomic E-state index is 0.520. The van der Waals surface area contributed by atoms with Crippen molar-refractivity contribution in [3.05, 3.63) is 34.9 Å². The maximum absolute atomic E-state index is 3.49. The standard InChI is InChI=1S/C15H23N/c1-10-5-6-14(9-11(10)2)15(16-4)12(3)13-7-8-13/h5-6,9,12-13,15-16H,7-8H2,1-4H3. The third-order valence-corrected chi connectivity index (χ3v) is 4.09. The molecule has 2 atom stereocenters. The quantitative estimate of drug-likeness (QED) is 0.812. The molecule has 1 aromatic rings. The van der Waals surface area contributed by atoms with Crippen molar-refractivity contribution in [2.75, 3.05) is 7.05 Å². The Labute approximate surface area is 99.3 Å². The molecule has 1 N–H and O–H groups in total. The van der Waals surface area contributed by atoms with Crippen LogP contribution in [0.25, 0.3) is 0 Å². The Kier molecular flexibility index (Phi) is 3.34. The Balaban J connectivity index is 2.21. The third-order valence-electron chi connectivity index (χ3n) is 4.09. The summed E-state index contributed by atoms with van der Waals surface area (Å²) in [5.41, 5.74) is 4.24. The van der Waals surface area contributed by atoms with Gasteiger partial charge >= 0.3 is 0 Å². The molecule has 0 radical (unpaired) electrons. The Bertz CT molecular complexity index is 366. The number of aryl methyl sites for hydroxylation is 2. The summed E-state index contributed by atoms with van der Waals surface area (Å²) in [7, 11) is 2.08. The molecule has 0 saturated heterocycles. The fourth-order valence-corrected chi connectivity index (χ4v) is 2.59. The average molecular weight is 217 g/mol. The van der Waals surface area contributed by atoms with Crippen LogP contribution >= 0.6 is 0 Å². The molecule has 0 aliphatic heterocycles. The Morgan fingerprint density at radius 1 is 1.19 bits per heavy atom. The zero-order chi connectivity index (χ0) is 11.7. The molecule has 1 heteroatoms. The second-order valence-corrected chi connectivity index (χ2v) is 5.31. The molecule has 16 heavy (non-hydrogen) atoms. The highest BCUT2D eigenvalue weighted by atomic mass is 14.9. The van der Waals surface area contributed by atoms with Gasteiger partial charge in [-0.1, -0.05) is 25.1 Å². The van der Waals surface area contributed by atoms with E-state index in [0.29, 0.717) is 6.04 Å². The maximum atomic E-state index is 3.49. The van der Waals surface area contributed by atoms with Crippen molar-refractivity contribution in [2.45, 2.75) is 39.7 Å².